The number of benzene rings is 1. The molecule has 1 aliphatic heterocycles. The van der Waals surface area contributed by atoms with E-state index in [9.17, 15) is 9.59 Å². The molecule has 1 saturated heterocycles. The molecule has 0 spiro atoms. The van der Waals surface area contributed by atoms with E-state index in [0.717, 1.165) is 5.56 Å². The van der Waals surface area contributed by atoms with Crippen molar-refractivity contribution in [2.75, 3.05) is 6.61 Å². The highest BCUT2D eigenvalue weighted by Gasteiger charge is 2.41. The molecule has 0 N–H and O–H groups in total. The zero-order chi connectivity index (χ0) is 15.6. The lowest BCUT2D eigenvalue weighted by atomic mass is 10.0. The van der Waals surface area contributed by atoms with Crippen LogP contribution in [0.3, 0.4) is 0 Å². The molecule has 2 rings (SSSR count). The number of hydrogen-bond donors (Lipinski definition) is 0. The van der Waals surface area contributed by atoms with Crippen LogP contribution in [0.5, 0.6) is 0 Å². The molecule has 5 nitrogen and oxygen atoms in total. The van der Waals surface area contributed by atoms with Crippen LogP contribution in [0.1, 0.15) is 39.3 Å². The quantitative estimate of drug-likeness (QED) is 0.747. The number of nitrogens with zero attached hydrogens (tertiary/aromatic N) is 1. The Morgan fingerprint density at radius 1 is 1.29 bits per heavy atom. The van der Waals surface area contributed by atoms with Crippen molar-refractivity contribution in [2.24, 2.45) is 0 Å². The Balaban J connectivity index is 2.30. The minimum Gasteiger partial charge on any atom is -0.462 e. The highest BCUT2D eigenvalue weighted by molar-refractivity contribution is 5.82. The predicted molar refractivity (Wildman–Crippen MR) is 77.7 cm³/mol. The van der Waals surface area contributed by atoms with E-state index < -0.39 is 23.7 Å². The van der Waals surface area contributed by atoms with Crippen LogP contribution in [0.4, 0.5) is 4.79 Å². The van der Waals surface area contributed by atoms with Gasteiger partial charge in [0.2, 0.25) is 0 Å². The van der Waals surface area contributed by atoms with Gasteiger partial charge in [-0.2, -0.15) is 0 Å². The van der Waals surface area contributed by atoms with E-state index in [1.807, 2.05) is 30.3 Å². The largest absolute Gasteiger partial charge is 0.462 e. The zero-order valence-corrected chi connectivity index (χ0v) is 12.8. The molecule has 0 saturated carbocycles. The second-order valence-corrected chi connectivity index (χ2v) is 6.12. The summed E-state index contributed by atoms with van der Waals surface area (Å²) in [6.07, 6.45) is -0.500. The molecule has 2 atom stereocenters. The number of morpholine rings is 1. The second-order valence-electron chi connectivity index (χ2n) is 6.12. The molecule has 1 aromatic carbocycles. The highest BCUT2D eigenvalue weighted by atomic mass is 16.6. The summed E-state index contributed by atoms with van der Waals surface area (Å²) in [6, 6.07) is 8.52. The number of hydrogen-bond acceptors (Lipinski definition) is 4. The molecular weight excluding hydrogens is 270 g/mol. The van der Waals surface area contributed by atoms with E-state index >= 15 is 0 Å². The molecule has 0 bridgehead atoms. The molecule has 21 heavy (non-hydrogen) atoms. The number of amides is 1. The fourth-order valence-electron chi connectivity index (χ4n) is 2.28. The number of rotatable bonds is 1. The lowest BCUT2D eigenvalue weighted by Gasteiger charge is -2.39. The lowest BCUT2D eigenvalue weighted by molar-refractivity contribution is -0.160. The number of ether oxygens (including phenoxy) is 2. The van der Waals surface area contributed by atoms with Gasteiger partial charge in [-0.25, -0.2) is 9.59 Å². The van der Waals surface area contributed by atoms with Gasteiger partial charge in [-0.15, -0.1) is 0 Å². The summed E-state index contributed by atoms with van der Waals surface area (Å²) in [4.78, 5) is 25.7. The van der Waals surface area contributed by atoms with Gasteiger partial charge >= 0.3 is 12.1 Å². The van der Waals surface area contributed by atoms with Crippen LogP contribution in [-0.2, 0) is 14.3 Å². The number of cyclic esters (lactones) is 1. The lowest BCUT2D eigenvalue weighted by Crippen LogP contribution is -2.53. The first kappa shape index (κ1) is 15.4. The number of carbonyl (C=O) groups excluding carboxylic acids is 2. The van der Waals surface area contributed by atoms with Crippen molar-refractivity contribution in [3.8, 4) is 0 Å². The van der Waals surface area contributed by atoms with Gasteiger partial charge in [-0.3, -0.25) is 4.90 Å². The maximum atomic E-state index is 12.4. The van der Waals surface area contributed by atoms with Gasteiger partial charge in [0.25, 0.3) is 0 Å². The number of carbonyl (C=O) groups is 2. The van der Waals surface area contributed by atoms with Crippen LogP contribution in [0.15, 0.2) is 30.3 Å². The molecule has 1 aliphatic rings. The Bertz CT molecular complexity index is 521. The smallest absolute Gasteiger partial charge is 0.411 e. The van der Waals surface area contributed by atoms with Crippen molar-refractivity contribution in [1.82, 2.24) is 4.90 Å². The topological polar surface area (TPSA) is 55.8 Å². The summed E-state index contributed by atoms with van der Waals surface area (Å²) in [7, 11) is 0. The normalized spacial score (nSPS) is 22.7. The fraction of sp³-hybridized carbons (Fsp3) is 0.500. The summed E-state index contributed by atoms with van der Waals surface area (Å²) in [5.41, 5.74) is 0.307. The summed E-state index contributed by atoms with van der Waals surface area (Å²) < 4.78 is 10.6. The van der Waals surface area contributed by atoms with Crippen molar-refractivity contribution >= 4 is 12.1 Å². The van der Waals surface area contributed by atoms with E-state index in [1.54, 1.807) is 27.7 Å². The first-order valence-electron chi connectivity index (χ1n) is 7.02. The third kappa shape index (κ3) is 3.54. The highest BCUT2D eigenvalue weighted by Crippen LogP contribution is 2.29. The van der Waals surface area contributed by atoms with Gasteiger partial charge in [-0.1, -0.05) is 30.3 Å². The third-order valence-corrected chi connectivity index (χ3v) is 3.27. The predicted octanol–water partition coefficient (Wildman–Crippen LogP) is 2.91. The molecule has 0 unspecified atom stereocenters. The van der Waals surface area contributed by atoms with E-state index in [4.69, 9.17) is 9.47 Å². The zero-order valence-electron chi connectivity index (χ0n) is 12.8. The average molecular weight is 291 g/mol. The first-order chi connectivity index (χ1) is 9.79. The van der Waals surface area contributed by atoms with Crippen LogP contribution in [-0.4, -0.2) is 35.2 Å². The van der Waals surface area contributed by atoms with Crippen molar-refractivity contribution in [2.45, 2.75) is 45.4 Å². The maximum absolute atomic E-state index is 12.4. The van der Waals surface area contributed by atoms with Crippen LogP contribution in [0.2, 0.25) is 0 Å². The maximum Gasteiger partial charge on any atom is 0.411 e. The monoisotopic (exact) mass is 291 g/mol. The SMILES string of the molecule is C[C@@H]1C(=O)OC[C@@H](c2ccccc2)N1C(=O)OC(C)(C)C. The Labute approximate surface area is 124 Å². The average Bonchev–Trinajstić information content (AvgIpc) is 2.40. The molecular formula is C16H21NO4. The first-order valence-corrected chi connectivity index (χ1v) is 7.02. The van der Waals surface area contributed by atoms with Gasteiger partial charge in [0.1, 0.15) is 18.2 Å². The Hall–Kier alpha value is -2.04. The van der Waals surface area contributed by atoms with Crippen LogP contribution in [0.25, 0.3) is 0 Å². The van der Waals surface area contributed by atoms with Gasteiger partial charge in [0.05, 0.1) is 6.04 Å². The molecule has 1 aromatic rings. The Morgan fingerprint density at radius 2 is 1.90 bits per heavy atom. The minimum atomic E-state index is -0.668. The number of esters is 1. The Morgan fingerprint density at radius 3 is 2.48 bits per heavy atom. The standard InChI is InChI=1S/C16H21NO4/c1-11-14(18)20-10-13(12-8-6-5-7-9-12)17(11)15(19)21-16(2,3)4/h5-9,11,13H,10H2,1-4H3/t11-,13+/m1/s1. The van der Waals surface area contributed by atoms with Gasteiger partial charge in [-0.05, 0) is 33.3 Å². The summed E-state index contributed by atoms with van der Waals surface area (Å²) >= 11 is 0. The molecule has 0 aliphatic carbocycles. The van der Waals surface area contributed by atoms with E-state index in [2.05, 4.69) is 0 Å². The molecule has 5 heteroatoms. The molecule has 1 fully saturated rings. The van der Waals surface area contributed by atoms with Crippen LogP contribution >= 0.6 is 0 Å². The van der Waals surface area contributed by atoms with Crippen molar-refractivity contribution in [3.63, 3.8) is 0 Å². The van der Waals surface area contributed by atoms with Crippen LogP contribution in [0, 0.1) is 0 Å². The van der Waals surface area contributed by atoms with Gasteiger partial charge in [0.15, 0.2) is 0 Å². The van der Waals surface area contributed by atoms with E-state index in [1.165, 1.54) is 4.90 Å². The van der Waals surface area contributed by atoms with Crippen molar-refractivity contribution < 1.29 is 19.1 Å². The summed E-state index contributed by atoms with van der Waals surface area (Å²) in [6.45, 7) is 7.20. The molecule has 0 radical (unpaired) electrons. The van der Waals surface area contributed by atoms with Crippen molar-refractivity contribution in [1.29, 1.82) is 0 Å². The Kier molecular flexibility index (Phi) is 4.21. The van der Waals surface area contributed by atoms with Crippen molar-refractivity contribution in [3.05, 3.63) is 35.9 Å². The molecule has 1 amide bonds. The summed E-state index contributed by atoms with van der Waals surface area (Å²) in [5, 5.41) is 0. The fourth-order valence-corrected chi connectivity index (χ4v) is 2.28. The van der Waals surface area contributed by atoms with Gasteiger partial charge < -0.3 is 9.47 Å². The minimum absolute atomic E-state index is 0.145. The third-order valence-electron chi connectivity index (χ3n) is 3.27. The summed E-state index contributed by atoms with van der Waals surface area (Å²) in [5.74, 6) is -0.409. The van der Waals surface area contributed by atoms with E-state index in [-0.39, 0.29) is 12.6 Å². The molecule has 1 heterocycles. The van der Waals surface area contributed by atoms with Crippen LogP contribution < -0.4 is 0 Å². The molecule has 0 aromatic heterocycles. The van der Waals surface area contributed by atoms with E-state index in [0.29, 0.717) is 0 Å². The van der Waals surface area contributed by atoms with Gasteiger partial charge in [0, 0.05) is 0 Å². The molecule has 114 valence electrons. The second kappa shape index (κ2) is 5.76.